The number of ether oxygens (including phenoxy) is 1. The molecule has 2 aromatic carbocycles. The van der Waals surface area contributed by atoms with Gasteiger partial charge in [0.2, 0.25) is 0 Å². The Morgan fingerprint density at radius 1 is 1.10 bits per heavy atom. The van der Waals surface area contributed by atoms with E-state index in [0.717, 1.165) is 18.6 Å². The molecule has 1 N–H and O–H groups in total. The minimum atomic E-state index is -0.478. The summed E-state index contributed by atoms with van der Waals surface area (Å²) in [4.78, 5) is 26.2. The fraction of sp³-hybridized carbons (Fsp3) is 0.391. The number of hydrogen-bond donors (Lipinski definition) is 1. The molecule has 1 aliphatic rings. The lowest BCUT2D eigenvalue weighted by molar-refractivity contribution is 0.0656. The Morgan fingerprint density at radius 3 is 2.38 bits per heavy atom. The summed E-state index contributed by atoms with van der Waals surface area (Å²) in [6, 6.07) is 13.3. The second-order valence-electron chi connectivity index (χ2n) is 7.68. The van der Waals surface area contributed by atoms with E-state index in [2.05, 4.69) is 5.32 Å². The molecule has 0 saturated carbocycles. The quantitative estimate of drug-likeness (QED) is 0.803. The minimum Gasteiger partial charge on any atom is -0.493 e. The van der Waals surface area contributed by atoms with Crippen LogP contribution in [0.15, 0.2) is 48.5 Å². The first-order chi connectivity index (χ1) is 13.9. The normalized spacial score (nSPS) is 14.7. The van der Waals surface area contributed by atoms with Crippen LogP contribution in [-0.2, 0) is 0 Å². The molecule has 0 unspecified atom stereocenters. The molecule has 1 saturated heterocycles. The summed E-state index contributed by atoms with van der Waals surface area (Å²) in [7, 11) is 0. The number of nitrogens with one attached hydrogen (secondary N) is 1. The monoisotopic (exact) mass is 398 g/mol. The summed E-state index contributed by atoms with van der Waals surface area (Å²) in [5.74, 6) is 0.226. The first kappa shape index (κ1) is 20.8. The van der Waals surface area contributed by atoms with Gasteiger partial charge in [0.25, 0.3) is 11.8 Å². The van der Waals surface area contributed by atoms with Crippen LogP contribution in [0.25, 0.3) is 0 Å². The summed E-state index contributed by atoms with van der Waals surface area (Å²) in [6.45, 7) is 5.58. The van der Waals surface area contributed by atoms with Crippen molar-refractivity contribution in [3.63, 3.8) is 0 Å². The predicted molar refractivity (Wildman–Crippen MR) is 110 cm³/mol. The second kappa shape index (κ2) is 9.54. The molecule has 154 valence electrons. The predicted octanol–water partition coefficient (Wildman–Crippen LogP) is 3.90. The molecule has 3 rings (SSSR count). The van der Waals surface area contributed by atoms with Crippen molar-refractivity contribution in [1.29, 1.82) is 0 Å². The van der Waals surface area contributed by atoms with Crippen molar-refractivity contribution in [2.75, 3.05) is 19.7 Å². The van der Waals surface area contributed by atoms with Gasteiger partial charge in [-0.05, 0) is 69.0 Å². The summed E-state index contributed by atoms with van der Waals surface area (Å²) in [6.07, 6.45) is 1.63. The number of likely N-dealkylation sites (tertiary alicyclic amines) is 1. The highest BCUT2D eigenvalue weighted by atomic mass is 19.1. The van der Waals surface area contributed by atoms with Crippen molar-refractivity contribution in [2.45, 2.75) is 32.7 Å². The third kappa shape index (κ3) is 5.56. The van der Waals surface area contributed by atoms with Crippen molar-refractivity contribution in [1.82, 2.24) is 10.2 Å². The molecule has 1 fully saturated rings. The van der Waals surface area contributed by atoms with Crippen LogP contribution in [0, 0.1) is 11.7 Å². The average molecular weight is 398 g/mol. The maximum absolute atomic E-state index is 13.8. The molecular formula is C23H27FN2O3. The molecule has 6 heteroatoms. The van der Waals surface area contributed by atoms with Crippen molar-refractivity contribution >= 4 is 11.8 Å². The van der Waals surface area contributed by atoms with Gasteiger partial charge in [0.15, 0.2) is 0 Å². The molecule has 0 bridgehead atoms. The Hall–Kier alpha value is -2.89. The van der Waals surface area contributed by atoms with Gasteiger partial charge in [-0.15, -0.1) is 0 Å². The fourth-order valence-electron chi connectivity index (χ4n) is 3.37. The van der Waals surface area contributed by atoms with Gasteiger partial charge in [-0.25, -0.2) is 4.39 Å². The van der Waals surface area contributed by atoms with E-state index in [1.54, 1.807) is 41.3 Å². The zero-order chi connectivity index (χ0) is 20.8. The third-order valence-electron chi connectivity index (χ3n) is 5.03. The summed E-state index contributed by atoms with van der Waals surface area (Å²) >= 11 is 0. The summed E-state index contributed by atoms with van der Waals surface area (Å²) < 4.78 is 19.7. The van der Waals surface area contributed by atoms with Crippen LogP contribution in [0.3, 0.4) is 0 Å². The van der Waals surface area contributed by atoms with E-state index in [1.165, 1.54) is 12.1 Å². The number of halogens is 1. The number of carbonyl (C=O) groups is 2. The Labute approximate surface area is 170 Å². The minimum absolute atomic E-state index is 0.0922. The molecule has 2 amide bonds. The lowest BCUT2D eigenvalue weighted by atomic mass is 9.97. The highest BCUT2D eigenvalue weighted by molar-refractivity contribution is 5.95. The molecular weight excluding hydrogens is 371 g/mol. The Morgan fingerprint density at radius 2 is 1.76 bits per heavy atom. The van der Waals surface area contributed by atoms with Gasteiger partial charge in [-0.3, -0.25) is 9.59 Å². The first-order valence-corrected chi connectivity index (χ1v) is 10.0. The number of hydrogen-bond acceptors (Lipinski definition) is 3. The van der Waals surface area contributed by atoms with Crippen LogP contribution >= 0.6 is 0 Å². The average Bonchev–Trinajstić information content (AvgIpc) is 2.72. The van der Waals surface area contributed by atoms with E-state index in [1.807, 2.05) is 13.8 Å². The number of nitrogens with zero attached hydrogens (tertiary/aromatic N) is 1. The first-order valence-electron chi connectivity index (χ1n) is 10.0. The Bertz CT molecular complexity index is 843. The molecule has 5 nitrogen and oxygen atoms in total. The topological polar surface area (TPSA) is 58.6 Å². The standard InChI is InChI=1S/C23H27FN2O3/c1-16(2)25-22(27)18-7-9-19(10-8-18)29-15-17-11-13-26(14-12-17)23(28)20-5-3-4-6-21(20)24/h3-10,16-17H,11-15H2,1-2H3,(H,25,27). The zero-order valence-electron chi connectivity index (χ0n) is 16.9. The van der Waals surface area contributed by atoms with Gasteiger partial charge in [-0.2, -0.15) is 0 Å². The Balaban J connectivity index is 1.46. The fourth-order valence-corrected chi connectivity index (χ4v) is 3.37. The van der Waals surface area contributed by atoms with Gasteiger partial charge in [-0.1, -0.05) is 12.1 Å². The van der Waals surface area contributed by atoms with Crippen LogP contribution in [-0.4, -0.2) is 42.5 Å². The molecule has 29 heavy (non-hydrogen) atoms. The van der Waals surface area contributed by atoms with E-state index in [4.69, 9.17) is 4.74 Å². The third-order valence-corrected chi connectivity index (χ3v) is 5.03. The van der Waals surface area contributed by atoms with Crippen LogP contribution in [0.4, 0.5) is 4.39 Å². The number of benzene rings is 2. The number of carbonyl (C=O) groups excluding carboxylic acids is 2. The summed E-state index contributed by atoms with van der Waals surface area (Å²) in [5.41, 5.74) is 0.731. The highest BCUT2D eigenvalue weighted by Crippen LogP contribution is 2.22. The van der Waals surface area contributed by atoms with Crippen molar-refractivity contribution in [3.05, 3.63) is 65.5 Å². The molecule has 2 aromatic rings. The molecule has 0 atom stereocenters. The van der Waals surface area contributed by atoms with Gasteiger partial charge in [0.05, 0.1) is 12.2 Å². The maximum Gasteiger partial charge on any atom is 0.256 e. The molecule has 0 aliphatic carbocycles. The van der Waals surface area contributed by atoms with Crippen LogP contribution in [0.5, 0.6) is 5.75 Å². The van der Waals surface area contributed by atoms with E-state index < -0.39 is 5.82 Å². The van der Waals surface area contributed by atoms with Crippen molar-refractivity contribution in [2.24, 2.45) is 5.92 Å². The molecule has 0 spiro atoms. The molecule has 0 aromatic heterocycles. The second-order valence-corrected chi connectivity index (χ2v) is 7.68. The molecule has 1 heterocycles. The van der Waals surface area contributed by atoms with Gasteiger partial charge < -0.3 is 15.0 Å². The van der Waals surface area contributed by atoms with E-state index in [0.29, 0.717) is 31.2 Å². The summed E-state index contributed by atoms with van der Waals surface area (Å²) in [5, 5.41) is 2.86. The van der Waals surface area contributed by atoms with E-state index in [9.17, 15) is 14.0 Å². The number of piperidine rings is 1. The van der Waals surface area contributed by atoms with Crippen LogP contribution in [0.2, 0.25) is 0 Å². The van der Waals surface area contributed by atoms with Crippen LogP contribution < -0.4 is 10.1 Å². The van der Waals surface area contributed by atoms with Crippen LogP contribution in [0.1, 0.15) is 47.4 Å². The zero-order valence-corrected chi connectivity index (χ0v) is 16.9. The van der Waals surface area contributed by atoms with Gasteiger partial charge >= 0.3 is 0 Å². The van der Waals surface area contributed by atoms with Crippen molar-refractivity contribution < 1.29 is 18.7 Å². The number of rotatable bonds is 6. The van der Waals surface area contributed by atoms with E-state index >= 15 is 0 Å². The lowest BCUT2D eigenvalue weighted by Gasteiger charge is -2.32. The van der Waals surface area contributed by atoms with E-state index in [-0.39, 0.29) is 23.4 Å². The molecule has 0 radical (unpaired) electrons. The van der Waals surface area contributed by atoms with Crippen molar-refractivity contribution in [3.8, 4) is 5.75 Å². The largest absolute Gasteiger partial charge is 0.493 e. The lowest BCUT2D eigenvalue weighted by Crippen LogP contribution is -2.40. The van der Waals surface area contributed by atoms with Gasteiger partial charge in [0.1, 0.15) is 11.6 Å². The molecule has 1 aliphatic heterocycles. The highest BCUT2D eigenvalue weighted by Gasteiger charge is 2.25. The van der Waals surface area contributed by atoms with Gasteiger partial charge in [0, 0.05) is 24.7 Å². The Kier molecular flexibility index (Phi) is 6.86. The smallest absolute Gasteiger partial charge is 0.256 e. The SMILES string of the molecule is CC(C)NC(=O)c1ccc(OCC2CCN(C(=O)c3ccccc3F)CC2)cc1. The number of amides is 2. The maximum atomic E-state index is 13.8.